The molecule has 0 fully saturated rings. The molecule has 0 heterocycles. The molecular weight excluding hydrogens is 218 g/mol. The molecule has 5 heteroatoms. The number of halogens is 2. The summed E-state index contributed by atoms with van der Waals surface area (Å²) < 4.78 is 26.1. The van der Waals surface area contributed by atoms with Crippen LogP contribution >= 0.6 is 0 Å². The minimum atomic E-state index is -1.15. The Kier molecular flexibility index (Phi) is 3.47. The monoisotopic (exact) mass is 230 g/mol. The van der Waals surface area contributed by atoms with Crippen LogP contribution in [0, 0.1) is 17.6 Å². The summed E-state index contributed by atoms with van der Waals surface area (Å²) >= 11 is 0. The fourth-order valence-electron chi connectivity index (χ4n) is 1.58. The molecule has 2 N–H and O–H groups in total. The molecule has 0 aliphatic rings. The minimum absolute atomic E-state index is 0.00954. The standard InChI is InChI=1S/C11H12F2O3/c1-5(2)9(11(15)16)6-3-7(12)10(14)8(13)4-6/h3-5,9,14H,1-2H3,(H,15,16). The van der Waals surface area contributed by atoms with E-state index in [4.69, 9.17) is 10.2 Å². The molecule has 3 nitrogen and oxygen atoms in total. The van der Waals surface area contributed by atoms with Crippen LogP contribution in [0.3, 0.4) is 0 Å². The molecular formula is C11H12F2O3. The fraction of sp³-hybridized carbons (Fsp3) is 0.364. The van der Waals surface area contributed by atoms with Crippen LogP contribution in [0.4, 0.5) is 8.78 Å². The summed E-state index contributed by atoms with van der Waals surface area (Å²) in [5.41, 5.74) is 0.00954. The predicted molar refractivity (Wildman–Crippen MR) is 53.2 cm³/mol. The maximum atomic E-state index is 13.0. The van der Waals surface area contributed by atoms with Crippen LogP contribution in [0.25, 0.3) is 0 Å². The Morgan fingerprint density at radius 2 is 1.69 bits per heavy atom. The number of hydrogen-bond donors (Lipinski definition) is 2. The lowest BCUT2D eigenvalue weighted by atomic mass is 9.88. The molecule has 0 aliphatic carbocycles. The Balaban J connectivity index is 3.26. The summed E-state index contributed by atoms with van der Waals surface area (Å²) in [5, 5.41) is 17.8. The number of phenolic OH excluding ortho intramolecular Hbond substituents is 1. The van der Waals surface area contributed by atoms with Gasteiger partial charge in [-0.3, -0.25) is 4.79 Å². The van der Waals surface area contributed by atoms with Crippen molar-refractivity contribution in [2.24, 2.45) is 5.92 Å². The third-order valence-electron chi connectivity index (χ3n) is 2.33. The highest BCUT2D eigenvalue weighted by atomic mass is 19.1. The van der Waals surface area contributed by atoms with E-state index in [1.807, 2.05) is 0 Å². The summed E-state index contributed by atoms with van der Waals surface area (Å²) in [6, 6.07) is 1.69. The number of rotatable bonds is 3. The van der Waals surface area contributed by atoms with Crippen LogP contribution in [0.1, 0.15) is 25.3 Å². The van der Waals surface area contributed by atoms with Gasteiger partial charge in [0.15, 0.2) is 17.4 Å². The average Bonchev–Trinajstić information content (AvgIpc) is 2.12. The van der Waals surface area contributed by atoms with Gasteiger partial charge in [0.2, 0.25) is 0 Å². The molecule has 0 aliphatic heterocycles. The third kappa shape index (κ3) is 2.29. The SMILES string of the molecule is CC(C)C(C(=O)O)c1cc(F)c(O)c(F)c1. The van der Waals surface area contributed by atoms with Crippen molar-refractivity contribution in [1.29, 1.82) is 0 Å². The van der Waals surface area contributed by atoms with E-state index in [0.29, 0.717) is 0 Å². The Bertz CT molecular complexity index is 393. The molecule has 0 bridgehead atoms. The normalized spacial score (nSPS) is 12.8. The highest BCUT2D eigenvalue weighted by Gasteiger charge is 2.25. The zero-order valence-corrected chi connectivity index (χ0v) is 8.87. The van der Waals surface area contributed by atoms with Gasteiger partial charge in [-0.25, -0.2) is 8.78 Å². The van der Waals surface area contributed by atoms with Gasteiger partial charge in [-0.1, -0.05) is 13.8 Å². The molecule has 1 unspecified atom stereocenters. The molecule has 0 aromatic heterocycles. The second-order valence-electron chi connectivity index (χ2n) is 3.89. The molecule has 0 saturated carbocycles. The molecule has 1 atom stereocenters. The van der Waals surface area contributed by atoms with E-state index in [1.54, 1.807) is 13.8 Å². The van der Waals surface area contributed by atoms with Gasteiger partial charge < -0.3 is 10.2 Å². The van der Waals surface area contributed by atoms with Gasteiger partial charge >= 0.3 is 5.97 Å². The number of aromatic hydroxyl groups is 1. The van der Waals surface area contributed by atoms with Crippen LogP contribution in [0.2, 0.25) is 0 Å². The van der Waals surface area contributed by atoms with Crippen molar-refractivity contribution in [3.05, 3.63) is 29.3 Å². The van der Waals surface area contributed by atoms with E-state index in [2.05, 4.69) is 0 Å². The smallest absolute Gasteiger partial charge is 0.311 e. The molecule has 1 aromatic carbocycles. The van der Waals surface area contributed by atoms with Crippen LogP contribution < -0.4 is 0 Å². The van der Waals surface area contributed by atoms with Gasteiger partial charge in [0.1, 0.15) is 0 Å². The number of hydrogen-bond acceptors (Lipinski definition) is 2. The summed E-state index contributed by atoms with van der Waals surface area (Å²) in [6.45, 7) is 3.28. The van der Waals surface area contributed by atoms with Gasteiger partial charge in [0.05, 0.1) is 5.92 Å². The fourth-order valence-corrected chi connectivity index (χ4v) is 1.58. The predicted octanol–water partition coefficient (Wildman–Crippen LogP) is 2.49. The van der Waals surface area contributed by atoms with Gasteiger partial charge in [-0.15, -0.1) is 0 Å². The van der Waals surface area contributed by atoms with Crippen LogP contribution in [0.15, 0.2) is 12.1 Å². The molecule has 16 heavy (non-hydrogen) atoms. The lowest BCUT2D eigenvalue weighted by Gasteiger charge is -2.17. The lowest BCUT2D eigenvalue weighted by Crippen LogP contribution is -2.17. The maximum absolute atomic E-state index is 13.0. The summed E-state index contributed by atoms with van der Waals surface area (Å²) in [7, 11) is 0. The minimum Gasteiger partial charge on any atom is -0.503 e. The summed E-state index contributed by atoms with van der Waals surface area (Å²) in [4.78, 5) is 10.9. The Hall–Kier alpha value is -1.65. The number of carboxylic acids is 1. The van der Waals surface area contributed by atoms with E-state index in [1.165, 1.54) is 0 Å². The van der Waals surface area contributed by atoms with Crippen LogP contribution in [-0.4, -0.2) is 16.2 Å². The Morgan fingerprint density at radius 1 is 1.25 bits per heavy atom. The number of benzene rings is 1. The first-order chi connectivity index (χ1) is 7.34. The number of phenols is 1. The molecule has 0 saturated heterocycles. The van der Waals surface area contributed by atoms with Crippen LogP contribution in [-0.2, 0) is 4.79 Å². The number of aliphatic carboxylic acids is 1. The van der Waals surface area contributed by atoms with Crippen molar-refractivity contribution < 1.29 is 23.8 Å². The van der Waals surface area contributed by atoms with E-state index in [0.717, 1.165) is 12.1 Å². The van der Waals surface area contributed by atoms with Crippen molar-refractivity contribution in [3.63, 3.8) is 0 Å². The first kappa shape index (κ1) is 12.4. The summed E-state index contributed by atoms with van der Waals surface area (Å²) in [5.74, 6) is -5.84. The van der Waals surface area contributed by atoms with Crippen molar-refractivity contribution in [2.75, 3.05) is 0 Å². The van der Waals surface area contributed by atoms with Crippen molar-refractivity contribution in [1.82, 2.24) is 0 Å². The van der Waals surface area contributed by atoms with Crippen LogP contribution in [0.5, 0.6) is 5.75 Å². The highest BCUT2D eigenvalue weighted by Crippen LogP contribution is 2.30. The van der Waals surface area contributed by atoms with Gasteiger partial charge in [-0.2, -0.15) is 0 Å². The van der Waals surface area contributed by atoms with Crippen molar-refractivity contribution >= 4 is 5.97 Å². The van der Waals surface area contributed by atoms with Crippen molar-refractivity contribution in [3.8, 4) is 5.75 Å². The second kappa shape index (κ2) is 4.47. The lowest BCUT2D eigenvalue weighted by molar-refractivity contribution is -0.139. The number of carboxylic acid groups (broad SMARTS) is 1. The molecule has 1 rings (SSSR count). The highest BCUT2D eigenvalue weighted by molar-refractivity contribution is 5.76. The van der Waals surface area contributed by atoms with Crippen molar-refractivity contribution in [2.45, 2.75) is 19.8 Å². The summed E-state index contributed by atoms with van der Waals surface area (Å²) in [6.07, 6.45) is 0. The zero-order chi connectivity index (χ0) is 12.5. The largest absolute Gasteiger partial charge is 0.503 e. The topological polar surface area (TPSA) is 57.5 Å². The van der Waals surface area contributed by atoms with Gasteiger partial charge in [0, 0.05) is 0 Å². The van der Waals surface area contributed by atoms with Gasteiger partial charge in [0.25, 0.3) is 0 Å². The second-order valence-corrected chi connectivity index (χ2v) is 3.89. The van der Waals surface area contributed by atoms with E-state index < -0.39 is 29.3 Å². The maximum Gasteiger partial charge on any atom is 0.311 e. The zero-order valence-electron chi connectivity index (χ0n) is 8.87. The average molecular weight is 230 g/mol. The molecule has 0 amide bonds. The molecule has 1 aromatic rings. The van der Waals surface area contributed by atoms with E-state index in [9.17, 15) is 13.6 Å². The first-order valence-electron chi connectivity index (χ1n) is 4.75. The van der Waals surface area contributed by atoms with E-state index in [-0.39, 0.29) is 11.5 Å². The third-order valence-corrected chi connectivity index (χ3v) is 2.33. The van der Waals surface area contributed by atoms with E-state index >= 15 is 0 Å². The Morgan fingerprint density at radius 3 is 2.00 bits per heavy atom. The first-order valence-corrected chi connectivity index (χ1v) is 4.75. The van der Waals surface area contributed by atoms with Gasteiger partial charge in [-0.05, 0) is 23.6 Å². The molecule has 0 spiro atoms. The Labute approximate surface area is 91.3 Å². The molecule has 0 radical (unpaired) electrons. The molecule has 88 valence electrons. The quantitative estimate of drug-likeness (QED) is 0.838. The number of carbonyl (C=O) groups is 1.